The summed E-state index contributed by atoms with van der Waals surface area (Å²) in [6.07, 6.45) is -1.17. The minimum Gasteiger partial charge on any atom is -0.481 e. The zero-order valence-corrected chi connectivity index (χ0v) is 20.1. The molecular weight excluding hydrogens is 500 g/mol. The summed E-state index contributed by atoms with van der Waals surface area (Å²) in [6, 6.07) is -7.68. The molecule has 37 heavy (non-hydrogen) atoms. The second-order valence-electron chi connectivity index (χ2n) is 8.02. The summed E-state index contributed by atoms with van der Waals surface area (Å²) in [5, 5.41) is 44.8. The van der Waals surface area contributed by atoms with Crippen molar-refractivity contribution in [1.29, 1.82) is 0 Å². The minimum atomic E-state index is -1.81. The van der Waals surface area contributed by atoms with Gasteiger partial charge in [0.15, 0.2) is 0 Å². The fraction of sp³-hybridized carbons (Fsp3) is 0.650. The smallest absolute Gasteiger partial charge is 0.326 e. The van der Waals surface area contributed by atoms with E-state index < -0.39 is 91.2 Å². The molecule has 0 aliphatic heterocycles. The number of carbonyl (C=O) groups is 7. The number of unbranched alkanes of at least 4 members (excludes halogenated alkanes) is 1. The van der Waals surface area contributed by atoms with Crippen LogP contribution in [-0.4, -0.2) is 105 Å². The van der Waals surface area contributed by atoms with E-state index in [1.165, 1.54) is 6.92 Å². The summed E-state index contributed by atoms with van der Waals surface area (Å²) < 4.78 is 0. The first-order valence-corrected chi connectivity index (χ1v) is 11.2. The number of carboxylic acids is 3. The van der Waals surface area contributed by atoms with Crippen molar-refractivity contribution in [3.63, 3.8) is 0 Å². The topological polar surface area (TPSA) is 301 Å². The van der Waals surface area contributed by atoms with Gasteiger partial charge in [0.2, 0.25) is 23.6 Å². The van der Waals surface area contributed by atoms with E-state index in [1.807, 2.05) is 5.32 Å². The van der Waals surface area contributed by atoms with E-state index in [9.17, 15) is 38.7 Å². The molecule has 0 aliphatic carbocycles. The Bertz CT molecular complexity index is 853. The van der Waals surface area contributed by atoms with E-state index in [0.717, 1.165) is 0 Å². The van der Waals surface area contributed by atoms with Gasteiger partial charge in [-0.05, 0) is 32.7 Å². The zero-order valence-electron chi connectivity index (χ0n) is 20.1. The molecule has 0 aromatic carbocycles. The van der Waals surface area contributed by atoms with Crippen molar-refractivity contribution >= 4 is 41.5 Å². The average Bonchev–Trinajstić information content (AvgIpc) is 2.80. The maximum atomic E-state index is 12.7. The molecule has 17 nitrogen and oxygen atoms in total. The van der Waals surface area contributed by atoms with Crippen molar-refractivity contribution in [3.05, 3.63) is 0 Å². The van der Waals surface area contributed by atoms with Gasteiger partial charge in [-0.25, -0.2) is 4.79 Å². The van der Waals surface area contributed by atoms with E-state index in [-0.39, 0.29) is 13.0 Å². The SMILES string of the molecule is C[C@H](NC(=O)[C@@H](N)CO)C(=O)N[C@@H](CC(=O)O)C(=O)N[C@@H](CC(=O)O)C(=O)N[C@@H](CCCCN)C(=O)O. The van der Waals surface area contributed by atoms with E-state index in [0.29, 0.717) is 12.8 Å². The van der Waals surface area contributed by atoms with E-state index in [1.54, 1.807) is 0 Å². The second kappa shape index (κ2) is 16.8. The number of carboxylic acid groups (broad SMARTS) is 3. The van der Waals surface area contributed by atoms with Gasteiger partial charge in [-0.3, -0.25) is 28.8 Å². The first-order valence-electron chi connectivity index (χ1n) is 11.2. The van der Waals surface area contributed by atoms with E-state index in [2.05, 4.69) is 16.0 Å². The Kier molecular flexibility index (Phi) is 15.0. The predicted molar refractivity (Wildman–Crippen MR) is 124 cm³/mol. The largest absolute Gasteiger partial charge is 0.481 e. The lowest BCUT2D eigenvalue weighted by Gasteiger charge is -2.24. The van der Waals surface area contributed by atoms with Crippen LogP contribution in [0.25, 0.3) is 0 Å². The Balaban J connectivity index is 5.54. The van der Waals surface area contributed by atoms with Gasteiger partial charge in [0.1, 0.15) is 30.2 Å². The second-order valence-corrected chi connectivity index (χ2v) is 8.02. The third-order valence-electron chi connectivity index (χ3n) is 4.87. The van der Waals surface area contributed by atoms with Crippen LogP contribution in [0.5, 0.6) is 0 Å². The number of carbonyl (C=O) groups excluding carboxylic acids is 4. The lowest BCUT2D eigenvalue weighted by Crippen LogP contribution is -2.58. The monoisotopic (exact) mass is 534 g/mol. The predicted octanol–water partition coefficient (Wildman–Crippen LogP) is -4.57. The molecule has 210 valence electrons. The fourth-order valence-electron chi connectivity index (χ4n) is 2.83. The normalized spacial score (nSPS) is 14.7. The number of aliphatic hydroxyl groups is 1. The number of hydrogen-bond acceptors (Lipinski definition) is 10. The van der Waals surface area contributed by atoms with Crippen LogP contribution in [0, 0.1) is 0 Å². The van der Waals surface area contributed by atoms with Crippen molar-refractivity contribution in [2.24, 2.45) is 11.5 Å². The molecule has 12 N–H and O–H groups in total. The third kappa shape index (κ3) is 13.2. The molecule has 0 aliphatic rings. The minimum absolute atomic E-state index is 0.0206. The molecule has 4 amide bonds. The Morgan fingerprint density at radius 1 is 0.703 bits per heavy atom. The molecule has 0 radical (unpaired) electrons. The summed E-state index contributed by atoms with van der Waals surface area (Å²) in [7, 11) is 0. The van der Waals surface area contributed by atoms with Crippen LogP contribution in [0.3, 0.4) is 0 Å². The molecule has 0 spiro atoms. The van der Waals surface area contributed by atoms with Crippen LogP contribution in [0.1, 0.15) is 39.0 Å². The molecule has 0 unspecified atom stereocenters. The maximum absolute atomic E-state index is 12.7. The maximum Gasteiger partial charge on any atom is 0.326 e. The van der Waals surface area contributed by atoms with Crippen LogP contribution in [0.15, 0.2) is 0 Å². The van der Waals surface area contributed by atoms with E-state index >= 15 is 0 Å². The highest BCUT2D eigenvalue weighted by atomic mass is 16.4. The van der Waals surface area contributed by atoms with Crippen LogP contribution in [0.2, 0.25) is 0 Å². The van der Waals surface area contributed by atoms with Crippen LogP contribution < -0.4 is 32.7 Å². The number of nitrogens with one attached hydrogen (secondary N) is 4. The number of hydrogen-bond donors (Lipinski definition) is 10. The lowest BCUT2D eigenvalue weighted by molar-refractivity contribution is -0.145. The van der Waals surface area contributed by atoms with Crippen LogP contribution in [-0.2, 0) is 33.6 Å². The highest BCUT2D eigenvalue weighted by molar-refractivity contribution is 5.97. The Labute approximate surface area is 211 Å². The summed E-state index contributed by atoms with van der Waals surface area (Å²) in [6.45, 7) is 0.753. The Hall–Kier alpha value is -3.83. The van der Waals surface area contributed by atoms with Crippen molar-refractivity contribution in [2.45, 2.75) is 69.2 Å². The number of aliphatic hydroxyl groups excluding tert-OH is 1. The molecule has 0 bridgehead atoms. The number of rotatable bonds is 18. The summed E-state index contributed by atoms with van der Waals surface area (Å²) in [4.78, 5) is 83.3. The van der Waals surface area contributed by atoms with Gasteiger partial charge in [-0.1, -0.05) is 0 Å². The van der Waals surface area contributed by atoms with Crippen molar-refractivity contribution < 1.29 is 54.0 Å². The van der Waals surface area contributed by atoms with Gasteiger partial charge in [0, 0.05) is 0 Å². The molecule has 0 saturated carbocycles. The standard InChI is InChI=1S/C20H34N6O11/c1-9(23-17(33)10(22)8-27)16(32)25-12(6-14(28)29)19(35)26-13(7-15(30)31)18(34)24-11(20(36)37)4-2-3-5-21/h9-13,27H,2-8,21-22H2,1H3,(H,23,33)(H,24,34)(H,25,32)(H,26,35)(H,28,29)(H,30,31)(H,36,37)/t9-,10-,11-,12-,13-/m0/s1. The van der Waals surface area contributed by atoms with E-state index in [4.69, 9.17) is 26.8 Å². The first-order chi connectivity index (χ1) is 17.2. The van der Waals surface area contributed by atoms with Gasteiger partial charge in [0.05, 0.1) is 19.4 Å². The molecule has 0 saturated heterocycles. The molecule has 0 aromatic rings. The van der Waals surface area contributed by atoms with Crippen molar-refractivity contribution in [3.8, 4) is 0 Å². The molecule has 0 fully saturated rings. The summed E-state index contributed by atoms with van der Waals surface area (Å²) >= 11 is 0. The van der Waals surface area contributed by atoms with Crippen molar-refractivity contribution in [2.75, 3.05) is 13.2 Å². The van der Waals surface area contributed by atoms with Gasteiger partial charge in [0.25, 0.3) is 0 Å². The molecule has 17 heteroatoms. The molecule has 0 aromatic heterocycles. The quantitative estimate of drug-likeness (QED) is 0.0741. The first kappa shape index (κ1) is 33.2. The average molecular weight is 535 g/mol. The Morgan fingerprint density at radius 3 is 1.57 bits per heavy atom. The van der Waals surface area contributed by atoms with Gasteiger partial charge >= 0.3 is 17.9 Å². The molecule has 0 heterocycles. The molecule has 0 rings (SSSR count). The van der Waals surface area contributed by atoms with Crippen LogP contribution >= 0.6 is 0 Å². The third-order valence-corrected chi connectivity index (χ3v) is 4.87. The van der Waals surface area contributed by atoms with Gasteiger partial charge in [-0.15, -0.1) is 0 Å². The van der Waals surface area contributed by atoms with Crippen LogP contribution in [0.4, 0.5) is 0 Å². The number of nitrogens with two attached hydrogens (primary N) is 2. The fourth-order valence-corrected chi connectivity index (χ4v) is 2.83. The number of aliphatic carboxylic acids is 3. The van der Waals surface area contributed by atoms with Gasteiger partial charge in [-0.2, -0.15) is 0 Å². The summed E-state index contributed by atoms with van der Waals surface area (Å²) in [5.74, 6) is -8.81. The highest BCUT2D eigenvalue weighted by Crippen LogP contribution is 2.04. The highest BCUT2D eigenvalue weighted by Gasteiger charge is 2.32. The molecule has 5 atom stereocenters. The number of amides is 4. The molecular formula is C20H34N6O11. The lowest BCUT2D eigenvalue weighted by atomic mass is 10.1. The van der Waals surface area contributed by atoms with Gasteiger partial charge < -0.3 is 53.2 Å². The Morgan fingerprint density at radius 2 is 1.16 bits per heavy atom. The summed E-state index contributed by atoms with van der Waals surface area (Å²) in [5.41, 5.74) is 10.7. The van der Waals surface area contributed by atoms with Crippen molar-refractivity contribution in [1.82, 2.24) is 21.3 Å². The zero-order chi connectivity index (χ0) is 28.7.